The molecule has 5 nitrogen and oxygen atoms in total. The van der Waals surface area contributed by atoms with E-state index in [1.807, 2.05) is 6.92 Å². The fourth-order valence-corrected chi connectivity index (χ4v) is 1.23. The molecule has 0 aromatic rings. The maximum absolute atomic E-state index is 10.7. The van der Waals surface area contributed by atoms with Gasteiger partial charge in [0.25, 0.3) is 0 Å². The lowest BCUT2D eigenvalue weighted by Crippen LogP contribution is -2.47. The Hall–Kier alpha value is -0.650. The summed E-state index contributed by atoms with van der Waals surface area (Å²) in [6.07, 6.45) is 0.942. The highest BCUT2D eigenvalue weighted by Gasteiger charge is 2.30. The zero-order valence-corrected chi connectivity index (χ0v) is 9.66. The molecular weight excluding hydrogens is 198 g/mol. The van der Waals surface area contributed by atoms with Crippen molar-refractivity contribution in [1.29, 1.82) is 0 Å². The summed E-state index contributed by atoms with van der Waals surface area (Å²) in [5.41, 5.74) is 4.37. The maximum atomic E-state index is 10.7. The summed E-state index contributed by atoms with van der Waals surface area (Å²) in [4.78, 5) is 10.7. The Morgan fingerprint density at radius 3 is 2.60 bits per heavy atom. The first-order valence-electron chi connectivity index (χ1n) is 5.03. The topological polar surface area (TPSA) is 81.8 Å². The number of hydrogen-bond acceptors (Lipinski definition) is 4. The standard InChI is InChI=1S/C10H21NO4/c1-8(15-6-4-5-14-3)7-10(2,11)9(12)13/h8H,4-7,11H2,1-3H3,(H,12,13). The summed E-state index contributed by atoms with van der Waals surface area (Å²) in [5.74, 6) is -1.00. The number of hydrogen-bond donors (Lipinski definition) is 2. The zero-order valence-electron chi connectivity index (χ0n) is 9.66. The summed E-state index contributed by atoms with van der Waals surface area (Å²) < 4.78 is 10.3. The van der Waals surface area contributed by atoms with E-state index in [4.69, 9.17) is 20.3 Å². The Bertz CT molecular complexity index is 194. The molecule has 0 radical (unpaired) electrons. The molecule has 0 rings (SSSR count). The molecule has 0 aliphatic carbocycles. The number of rotatable bonds is 8. The largest absolute Gasteiger partial charge is 0.480 e. The Morgan fingerprint density at radius 2 is 2.13 bits per heavy atom. The molecule has 0 spiro atoms. The lowest BCUT2D eigenvalue weighted by molar-refractivity contribution is -0.144. The van der Waals surface area contributed by atoms with Crippen LogP contribution in [0, 0.1) is 0 Å². The number of aliphatic carboxylic acids is 1. The average Bonchev–Trinajstić information content (AvgIpc) is 2.11. The quantitative estimate of drug-likeness (QED) is 0.585. The van der Waals surface area contributed by atoms with Gasteiger partial charge in [-0.05, 0) is 20.3 Å². The van der Waals surface area contributed by atoms with Crippen LogP contribution in [0.4, 0.5) is 0 Å². The molecule has 0 fully saturated rings. The normalized spacial score (nSPS) is 17.1. The summed E-state index contributed by atoms with van der Waals surface area (Å²) in [6.45, 7) is 4.52. The van der Waals surface area contributed by atoms with Crippen molar-refractivity contribution in [1.82, 2.24) is 0 Å². The molecule has 2 unspecified atom stereocenters. The highest BCUT2D eigenvalue weighted by Crippen LogP contribution is 2.11. The Labute approximate surface area is 90.5 Å². The third-order valence-electron chi connectivity index (χ3n) is 2.10. The van der Waals surface area contributed by atoms with Gasteiger partial charge >= 0.3 is 5.97 Å². The van der Waals surface area contributed by atoms with E-state index in [0.717, 1.165) is 6.42 Å². The second-order valence-corrected chi connectivity index (χ2v) is 3.95. The van der Waals surface area contributed by atoms with Gasteiger partial charge in [0.15, 0.2) is 0 Å². The first-order valence-corrected chi connectivity index (χ1v) is 5.03. The van der Waals surface area contributed by atoms with Gasteiger partial charge in [-0.1, -0.05) is 0 Å². The summed E-state index contributed by atoms with van der Waals surface area (Å²) in [7, 11) is 1.63. The lowest BCUT2D eigenvalue weighted by atomic mass is 9.96. The molecular formula is C10H21NO4. The molecule has 2 atom stereocenters. The van der Waals surface area contributed by atoms with Crippen molar-refractivity contribution < 1.29 is 19.4 Å². The second-order valence-electron chi connectivity index (χ2n) is 3.95. The van der Waals surface area contributed by atoms with Crippen LogP contribution in [0.2, 0.25) is 0 Å². The van der Waals surface area contributed by atoms with E-state index in [9.17, 15) is 4.79 Å². The van der Waals surface area contributed by atoms with Gasteiger partial charge in [0.05, 0.1) is 6.10 Å². The van der Waals surface area contributed by atoms with Crippen LogP contribution in [0.3, 0.4) is 0 Å². The van der Waals surface area contributed by atoms with Gasteiger partial charge in [0, 0.05) is 26.7 Å². The van der Waals surface area contributed by atoms with E-state index in [0.29, 0.717) is 19.6 Å². The highest BCUT2D eigenvalue weighted by molar-refractivity contribution is 5.77. The summed E-state index contributed by atoms with van der Waals surface area (Å²) in [5, 5.41) is 8.80. The van der Waals surface area contributed by atoms with E-state index in [2.05, 4.69) is 0 Å². The lowest BCUT2D eigenvalue weighted by Gasteiger charge is -2.23. The Balaban J connectivity index is 3.73. The van der Waals surface area contributed by atoms with Gasteiger partial charge in [0.2, 0.25) is 0 Å². The molecule has 0 aromatic carbocycles. The van der Waals surface area contributed by atoms with Gasteiger partial charge < -0.3 is 20.3 Å². The van der Waals surface area contributed by atoms with Crippen LogP contribution < -0.4 is 5.73 Å². The fourth-order valence-electron chi connectivity index (χ4n) is 1.23. The van der Waals surface area contributed by atoms with Crippen LogP contribution >= 0.6 is 0 Å². The van der Waals surface area contributed by atoms with Crippen molar-refractivity contribution in [2.24, 2.45) is 5.73 Å². The molecule has 0 aliphatic rings. The van der Waals surface area contributed by atoms with Crippen molar-refractivity contribution in [2.75, 3.05) is 20.3 Å². The SMILES string of the molecule is COCCCOC(C)CC(C)(N)C(=O)O. The predicted molar refractivity (Wildman–Crippen MR) is 56.8 cm³/mol. The van der Waals surface area contributed by atoms with Crippen molar-refractivity contribution in [3.63, 3.8) is 0 Å². The Morgan fingerprint density at radius 1 is 1.53 bits per heavy atom. The molecule has 3 N–H and O–H groups in total. The van der Waals surface area contributed by atoms with E-state index >= 15 is 0 Å². The average molecular weight is 219 g/mol. The number of carboxylic acid groups (broad SMARTS) is 1. The maximum Gasteiger partial charge on any atom is 0.323 e. The van der Waals surface area contributed by atoms with Crippen LogP contribution in [-0.2, 0) is 14.3 Å². The molecule has 0 bridgehead atoms. The van der Waals surface area contributed by atoms with Crippen molar-refractivity contribution in [3.05, 3.63) is 0 Å². The minimum Gasteiger partial charge on any atom is -0.480 e. The molecule has 0 saturated heterocycles. The zero-order chi connectivity index (χ0) is 11.9. The van der Waals surface area contributed by atoms with Crippen molar-refractivity contribution in [2.45, 2.75) is 38.3 Å². The van der Waals surface area contributed by atoms with Gasteiger partial charge in [-0.3, -0.25) is 4.79 Å². The van der Waals surface area contributed by atoms with Gasteiger partial charge in [0.1, 0.15) is 5.54 Å². The first kappa shape index (κ1) is 14.3. The predicted octanol–water partition coefficient (Wildman–Crippen LogP) is 0.620. The van der Waals surface area contributed by atoms with E-state index in [-0.39, 0.29) is 6.10 Å². The molecule has 0 heterocycles. The van der Waals surface area contributed by atoms with Crippen LogP contribution in [0.25, 0.3) is 0 Å². The van der Waals surface area contributed by atoms with Gasteiger partial charge in [-0.2, -0.15) is 0 Å². The molecule has 90 valence electrons. The van der Waals surface area contributed by atoms with Crippen molar-refractivity contribution >= 4 is 5.97 Å². The highest BCUT2D eigenvalue weighted by atomic mass is 16.5. The van der Waals surface area contributed by atoms with Crippen LogP contribution in [-0.4, -0.2) is 43.0 Å². The first-order chi connectivity index (χ1) is 6.90. The molecule has 0 aromatic heterocycles. The van der Waals surface area contributed by atoms with Gasteiger partial charge in [-0.15, -0.1) is 0 Å². The Kier molecular flexibility index (Phi) is 6.47. The molecule has 0 aliphatic heterocycles. The summed E-state index contributed by atoms with van der Waals surface area (Å²) >= 11 is 0. The fraction of sp³-hybridized carbons (Fsp3) is 0.900. The smallest absolute Gasteiger partial charge is 0.323 e. The van der Waals surface area contributed by atoms with E-state index < -0.39 is 11.5 Å². The number of carboxylic acids is 1. The van der Waals surface area contributed by atoms with Crippen LogP contribution in [0.5, 0.6) is 0 Å². The monoisotopic (exact) mass is 219 g/mol. The van der Waals surface area contributed by atoms with Gasteiger partial charge in [-0.25, -0.2) is 0 Å². The van der Waals surface area contributed by atoms with Crippen LogP contribution in [0.15, 0.2) is 0 Å². The number of methoxy groups -OCH3 is 1. The number of ether oxygens (including phenoxy) is 2. The second kappa shape index (κ2) is 6.76. The third kappa shape index (κ3) is 6.43. The summed E-state index contributed by atoms with van der Waals surface area (Å²) in [6, 6.07) is 0. The number of nitrogens with two attached hydrogens (primary N) is 1. The minimum atomic E-state index is -1.22. The third-order valence-corrected chi connectivity index (χ3v) is 2.10. The molecule has 0 saturated carbocycles. The van der Waals surface area contributed by atoms with E-state index in [1.165, 1.54) is 6.92 Å². The minimum absolute atomic E-state index is 0.159. The molecule has 15 heavy (non-hydrogen) atoms. The van der Waals surface area contributed by atoms with E-state index in [1.54, 1.807) is 7.11 Å². The van der Waals surface area contributed by atoms with Crippen molar-refractivity contribution in [3.8, 4) is 0 Å². The molecule has 5 heteroatoms. The molecule has 0 amide bonds. The number of carbonyl (C=O) groups is 1. The van der Waals surface area contributed by atoms with Crippen LogP contribution in [0.1, 0.15) is 26.7 Å².